The van der Waals surface area contributed by atoms with Gasteiger partial charge < -0.3 is 24.8 Å². The van der Waals surface area contributed by atoms with E-state index in [1.165, 1.54) is 7.11 Å². The number of hydrogen-bond donors (Lipinski definition) is 2. The summed E-state index contributed by atoms with van der Waals surface area (Å²) in [5.74, 6) is 0.621. The third kappa shape index (κ3) is 3.31. The number of imide groups is 1. The maximum Gasteiger partial charge on any atom is 0.325 e. The van der Waals surface area contributed by atoms with Crippen molar-refractivity contribution in [1.29, 1.82) is 0 Å². The van der Waals surface area contributed by atoms with Crippen molar-refractivity contribution in [1.82, 2.24) is 10.2 Å². The van der Waals surface area contributed by atoms with Crippen LogP contribution in [0.5, 0.6) is 17.2 Å². The fourth-order valence-electron chi connectivity index (χ4n) is 3.29. The number of methoxy groups -OCH3 is 1. The lowest BCUT2D eigenvalue weighted by Crippen LogP contribution is -2.42. The number of amides is 4. The number of benzene rings is 2. The van der Waals surface area contributed by atoms with Crippen molar-refractivity contribution in [3.63, 3.8) is 0 Å². The van der Waals surface area contributed by atoms with Crippen molar-refractivity contribution >= 4 is 23.5 Å². The third-order valence-corrected chi connectivity index (χ3v) is 4.88. The molecule has 0 aliphatic carbocycles. The quantitative estimate of drug-likeness (QED) is 0.746. The SMILES string of the molecule is COc1cccc(NC(=O)CN2C(=O)N[C@@](C)(c3ccc4c(c3)OCO4)C2=O)c1. The summed E-state index contributed by atoms with van der Waals surface area (Å²) in [6.45, 7) is 1.28. The zero-order chi connectivity index (χ0) is 20.6. The second kappa shape index (κ2) is 7.01. The van der Waals surface area contributed by atoms with Gasteiger partial charge in [-0.05, 0) is 36.8 Å². The fourth-order valence-corrected chi connectivity index (χ4v) is 3.29. The predicted molar refractivity (Wildman–Crippen MR) is 102 cm³/mol. The van der Waals surface area contributed by atoms with Crippen molar-refractivity contribution in [2.24, 2.45) is 0 Å². The molecule has 0 radical (unpaired) electrons. The lowest BCUT2D eigenvalue weighted by molar-refractivity contribution is -0.133. The number of fused-ring (bicyclic) bond motifs is 1. The van der Waals surface area contributed by atoms with Crippen LogP contribution in [-0.4, -0.2) is 43.2 Å². The van der Waals surface area contributed by atoms with Crippen molar-refractivity contribution < 1.29 is 28.6 Å². The molecule has 0 aromatic heterocycles. The average molecular weight is 397 g/mol. The van der Waals surface area contributed by atoms with Crippen LogP contribution >= 0.6 is 0 Å². The molecule has 2 aliphatic heterocycles. The first-order chi connectivity index (χ1) is 13.9. The summed E-state index contributed by atoms with van der Waals surface area (Å²) in [5, 5.41) is 5.32. The molecular weight excluding hydrogens is 378 g/mol. The van der Waals surface area contributed by atoms with Gasteiger partial charge in [0.05, 0.1) is 7.11 Å². The number of nitrogens with zero attached hydrogens (tertiary/aromatic N) is 1. The maximum atomic E-state index is 13.0. The summed E-state index contributed by atoms with van der Waals surface area (Å²) in [4.78, 5) is 38.7. The topological polar surface area (TPSA) is 106 Å². The highest BCUT2D eigenvalue weighted by molar-refractivity contribution is 6.10. The van der Waals surface area contributed by atoms with Gasteiger partial charge in [0.25, 0.3) is 5.91 Å². The van der Waals surface area contributed by atoms with Gasteiger partial charge in [-0.3, -0.25) is 14.5 Å². The van der Waals surface area contributed by atoms with E-state index in [1.54, 1.807) is 49.4 Å². The largest absolute Gasteiger partial charge is 0.497 e. The van der Waals surface area contributed by atoms with Gasteiger partial charge in [0.2, 0.25) is 12.7 Å². The first kappa shape index (κ1) is 18.6. The molecule has 150 valence electrons. The zero-order valence-corrected chi connectivity index (χ0v) is 15.9. The van der Waals surface area contributed by atoms with Crippen LogP contribution in [0, 0.1) is 0 Å². The first-order valence-corrected chi connectivity index (χ1v) is 8.89. The minimum absolute atomic E-state index is 0.104. The van der Waals surface area contributed by atoms with Gasteiger partial charge >= 0.3 is 6.03 Å². The Morgan fingerprint density at radius 1 is 1.21 bits per heavy atom. The Bertz CT molecular complexity index is 1010. The highest BCUT2D eigenvalue weighted by atomic mass is 16.7. The summed E-state index contributed by atoms with van der Waals surface area (Å²) in [7, 11) is 1.52. The van der Waals surface area contributed by atoms with Gasteiger partial charge in [-0.15, -0.1) is 0 Å². The Morgan fingerprint density at radius 2 is 2.00 bits per heavy atom. The molecule has 2 N–H and O–H groups in total. The second-order valence-corrected chi connectivity index (χ2v) is 6.79. The minimum Gasteiger partial charge on any atom is -0.497 e. The Balaban J connectivity index is 1.49. The van der Waals surface area contributed by atoms with E-state index < -0.39 is 29.9 Å². The van der Waals surface area contributed by atoms with E-state index >= 15 is 0 Å². The van der Waals surface area contributed by atoms with Crippen molar-refractivity contribution in [3.05, 3.63) is 48.0 Å². The van der Waals surface area contributed by atoms with Crippen LogP contribution in [0.15, 0.2) is 42.5 Å². The van der Waals surface area contributed by atoms with Crippen LogP contribution in [0.1, 0.15) is 12.5 Å². The highest BCUT2D eigenvalue weighted by Crippen LogP contribution is 2.37. The first-order valence-electron chi connectivity index (χ1n) is 8.89. The van der Waals surface area contributed by atoms with E-state index in [0.717, 1.165) is 4.90 Å². The van der Waals surface area contributed by atoms with Crippen LogP contribution in [0.25, 0.3) is 0 Å². The van der Waals surface area contributed by atoms with Gasteiger partial charge in [-0.2, -0.15) is 0 Å². The number of carbonyl (C=O) groups excluding carboxylic acids is 3. The number of hydrogen-bond acceptors (Lipinski definition) is 6. The molecule has 1 atom stereocenters. The predicted octanol–water partition coefficient (Wildman–Crippen LogP) is 1.83. The van der Waals surface area contributed by atoms with E-state index in [2.05, 4.69) is 10.6 Å². The standard InChI is InChI=1S/C20H19N3O6/c1-20(12-6-7-15-16(8-12)29-11-28-15)18(25)23(19(26)22-20)10-17(24)21-13-4-3-5-14(9-13)27-2/h3-9H,10-11H2,1-2H3,(H,21,24)(H,22,26)/t20-/m0/s1. The van der Waals surface area contributed by atoms with Gasteiger partial charge in [0, 0.05) is 11.8 Å². The monoisotopic (exact) mass is 397 g/mol. The molecule has 0 spiro atoms. The molecule has 0 unspecified atom stereocenters. The molecular formula is C20H19N3O6. The van der Waals surface area contributed by atoms with Gasteiger partial charge in [-0.1, -0.05) is 12.1 Å². The molecule has 2 heterocycles. The Morgan fingerprint density at radius 3 is 2.79 bits per heavy atom. The molecule has 4 rings (SSSR count). The van der Waals surface area contributed by atoms with Crippen molar-refractivity contribution in [2.45, 2.75) is 12.5 Å². The number of anilines is 1. The third-order valence-electron chi connectivity index (χ3n) is 4.88. The van der Waals surface area contributed by atoms with E-state index in [9.17, 15) is 14.4 Å². The normalized spacial score (nSPS) is 19.9. The zero-order valence-electron chi connectivity index (χ0n) is 15.9. The van der Waals surface area contributed by atoms with Crippen LogP contribution in [-0.2, 0) is 15.1 Å². The second-order valence-electron chi connectivity index (χ2n) is 6.79. The molecule has 1 saturated heterocycles. The molecule has 9 nitrogen and oxygen atoms in total. The number of rotatable bonds is 5. The molecule has 1 fully saturated rings. The van der Waals surface area contributed by atoms with E-state index in [-0.39, 0.29) is 6.79 Å². The molecule has 2 aromatic rings. The van der Waals surface area contributed by atoms with Gasteiger partial charge in [0.15, 0.2) is 11.5 Å². The van der Waals surface area contributed by atoms with E-state index in [0.29, 0.717) is 28.5 Å². The summed E-state index contributed by atoms with van der Waals surface area (Å²) in [5.41, 5.74) is -0.273. The molecule has 29 heavy (non-hydrogen) atoms. The molecule has 4 amide bonds. The van der Waals surface area contributed by atoms with E-state index in [4.69, 9.17) is 14.2 Å². The van der Waals surface area contributed by atoms with Gasteiger partial charge in [0.1, 0.15) is 17.8 Å². The Kier molecular flexibility index (Phi) is 4.50. The van der Waals surface area contributed by atoms with Crippen molar-refractivity contribution in [2.75, 3.05) is 25.8 Å². The minimum atomic E-state index is -1.31. The Labute approximate surface area is 166 Å². The number of nitrogens with one attached hydrogen (secondary N) is 2. The smallest absolute Gasteiger partial charge is 0.325 e. The van der Waals surface area contributed by atoms with Crippen LogP contribution in [0.4, 0.5) is 10.5 Å². The molecule has 0 bridgehead atoms. The lowest BCUT2D eigenvalue weighted by Gasteiger charge is -2.22. The number of urea groups is 1. The number of ether oxygens (including phenoxy) is 3. The van der Waals surface area contributed by atoms with Crippen molar-refractivity contribution in [3.8, 4) is 17.2 Å². The van der Waals surface area contributed by atoms with Crippen LogP contribution in [0.3, 0.4) is 0 Å². The fraction of sp³-hybridized carbons (Fsp3) is 0.250. The average Bonchev–Trinajstić information content (AvgIpc) is 3.26. The summed E-state index contributed by atoms with van der Waals surface area (Å²) >= 11 is 0. The maximum absolute atomic E-state index is 13.0. The lowest BCUT2D eigenvalue weighted by atomic mass is 9.91. The summed E-state index contributed by atoms with van der Waals surface area (Å²) in [6, 6.07) is 11.2. The van der Waals surface area contributed by atoms with E-state index in [1.807, 2.05) is 0 Å². The molecule has 2 aromatic carbocycles. The molecule has 0 saturated carbocycles. The molecule has 9 heteroatoms. The Hall–Kier alpha value is -3.75. The summed E-state index contributed by atoms with van der Waals surface area (Å²) < 4.78 is 15.7. The van der Waals surface area contributed by atoms with Crippen LogP contribution < -0.4 is 24.8 Å². The van der Waals surface area contributed by atoms with Crippen LogP contribution in [0.2, 0.25) is 0 Å². The highest BCUT2D eigenvalue weighted by Gasteiger charge is 2.49. The molecule has 2 aliphatic rings. The summed E-state index contributed by atoms with van der Waals surface area (Å²) in [6.07, 6.45) is 0. The number of carbonyl (C=O) groups is 3. The van der Waals surface area contributed by atoms with Gasteiger partial charge in [-0.25, -0.2) is 4.79 Å².